The summed E-state index contributed by atoms with van der Waals surface area (Å²) >= 11 is 7.96. The molecule has 0 spiro atoms. The second kappa shape index (κ2) is 6.25. The van der Waals surface area contributed by atoms with Crippen LogP contribution in [0.3, 0.4) is 0 Å². The van der Waals surface area contributed by atoms with Crippen molar-refractivity contribution in [1.82, 2.24) is 0 Å². The molecule has 3 nitrogen and oxygen atoms in total. The summed E-state index contributed by atoms with van der Waals surface area (Å²) in [5.41, 5.74) is 1.38. The van der Waals surface area contributed by atoms with Crippen LogP contribution in [0.25, 0.3) is 0 Å². The van der Waals surface area contributed by atoms with Crippen molar-refractivity contribution in [3.63, 3.8) is 0 Å². The summed E-state index contributed by atoms with van der Waals surface area (Å²) in [5, 5.41) is 10.7. The van der Waals surface area contributed by atoms with E-state index in [-0.39, 0.29) is 5.75 Å². The third kappa shape index (κ3) is 3.61. The molecule has 2 aromatic rings. The Kier molecular flexibility index (Phi) is 4.66. The van der Waals surface area contributed by atoms with E-state index in [9.17, 15) is 5.11 Å². The molecule has 0 aliphatic carbocycles. The topological polar surface area (TPSA) is 41.8 Å². The van der Waals surface area contributed by atoms with Crippen LogP contribution in [0.4, 0.5) is 5.69 Å². The summed E-state index contributed by atoms with van der Waals surface area (Å²) in [5.74, 6) is 0.519. The highest BCUT2D eigenvalue weighted by molar-refractivity contribution is 14.1. The maximum absolute atomic E-state index is 9.99. The van der Waals surface area contributed by atoms with Gasteiger partial charge in [0.15, 0.2) is 11.5 Å². The number of aliphatic imine (C=N–C) groups is 1. The molecule has 2 aromatic carbocycles. The van der Waals surface area contributed by atoms with Crippen LogP contribution in [-0.2, 0) is 0 Å². The number of phenols is 1. The third-order valence-corrected chi connectivity index (χ3v) is 3.34. The maximum Gasteiger partial charge on any atom is 0.166 e. The molecule has 98 valence electrons. The zero-order valence-electron chi connectivity index (χ0n) is 10.1. The average Bonchev–Trinajstić information content (AvgIpc) is 2.41. The van der Waals surface area contributed by atoms with E-state index >= 15 is 0 Å². The molecule has 1 N–H and O–H groups in total. The van der Waals surface area contributed by atoms with Gasteiger partial charge in [-0.1, -0.05) is 11.6 Å². The van der Waals surface area contributed by atoms with Crippen LogP contribution < -0.4 is 4.74 Å². The molecule has 0 fully saturated rings. The first-order valence-corrected chi connectivity index (χ1v) is 6.92. The Balaban J connectivity index is 2.32. The first kappa shape index (κ1) is 14.1. The monoisotopic (exact) mass is 387 g/mol. The lowest BCUT2D eigenvalue weighted by atomic mass is 10.2. The zero-order valence-corrected chi connectivity index (χ0v) is 13.0. The molecule has 0 amide bonds. The molecule has 0 atom stereocenters. The second-order valence-electron chi connectivity index (χ2n) is 3.78. The molecule has 2 rings (SSSR count). The number of ether oxygens (including phenoxy) is 1. The van der Waals surface area contributed by atoms with Gasteiger partial charge in [0.2, 0.25) is 0 Å². The lowest BCUT2D eigenvalue weighted by molar-refractivity contribution is 0.373. The molecule has 19 heavy (non-hydrogen) atoms. The fraction of sp³-hybridized carbons (Fsp3) is 0.0714. The van der Waals surface area contributed by atoms with Crippen LogP contribution >= 0.6 is 34.2 Å². The van der Waals surface area contributed by atoms with E-state index in [0.717, 1.165) is 9.26 Å². The minimum Gasteiger partial charge on any atom is -0.504 e. The molecule has 0 aliphatic rings. The minimum absolute atomic E-state index is 0.0839. The molecular weight excluding hydrogens is 377 g/mol. The van der Waals surface area contributed by atoms with Gasteiger partial charge in [-0.3, -0.25) is 4.99 Å². The van der Waals surface area contributed by atoms with Crippen LogP contribution in [0.2, 0.25) is 5.02 Å². The summed E-state index contributed by atoms with van der Waals surface area (Å²) in [6.45, 7) is 0. The molecule has 0 radical (unpaired) electrons. The molecule has 0 aromatic heterocycles. The summed E-state index contributed by atoms with van der Waals surface area (Å²) < 4.78 is 6.06. The maximum atomic E-state index is 9.99. The predicted molar refractivity (Wildman–Crippen MR) is 86.1 cm³/mol. The van der Waals surface area contributed by atoms with Crippen LogP contribution in [0.1, 0.15) is 5.56 Å². The number of rotatable bonds is 3. The van der Waals surface area contributed by atoms with Crippen molar-refractivity contribution in [1.29, 1.82) is 0 Å². The van der Waals surface area contributed by atoms with Crippen LogP contribution in [-0.4, -0.2) is 18.4 Å². The quantitative estimate of drug-likeness (QED) is 0.626. The Bertz CT molecular complexity index is 612. The van der Waals surface area contributed by atoms with Gasteiger partial charge in [-0.25, -0.2) is 0 Å². The SMILES string of the molecule is COc1cc(I)cc(C=Nc2ccc(Cl)cc2)c1O. The fourth-order valence-electron chi connectivity index (χ4n) is 1.52. The van der Waals surface area contributed by atoms with Crippen molar-refractivity contribution < 1.29 is 9.84 Å². The summed E-state index contributed by atoms with van der Waals surface area (Å²) in [6.07, 6.45) is 1.60. The van der Waals surface area contributed by atoms with Gasteiger partial charge in [0.25, 0.3) is 0 Å². The van der Waals surface area contributed by atoms with Gasteiger partial charge < -0.3 is 9.84 Å². The summed E-state index contributed by atoms with van der Waals surface area (Å²) in [4.78, 5) is 4.29. The number of phenolic OH excluding ortho intramolecular Hbond substituents is 1. The highest BCUT2D eigenvalue weighted by Crippen LogP contribution is 2.31. The molecule has 5 heteroatoms. The predicted octanol–water partition coefficient (Wildman–Crippen LogP) is 4.41. The van der Waals surface area contributed by atoms with Crippen LogP contribution in [0, 0.1) is 3.57 Å². The fourth-order valence-corrected chi connectivity index (χ4v) is 2.26. The van der Waals surface area contributed by atoms with Gasteiger partial charge in [0.1, 0.15) is 0 Å². The van der Waals surface area contributed by atoms with E-state index in [1.165, 1.54) is 7.11 Å². The first-order chi connectivity index (χ1) is 9.10. The molecule has 0 aliphatic heterocycles. The first-order valence-electron chi connectivity index (χ1n) is 5.46. The van der Waals surface area contributed by atoms with Gasteiger partial charge in [-0.2, -0.15) is 0 Å². The molecule has 0 heterocycles. The third-order valence-electron chi connectivity index (χ3n) is 2.47. The Morgan fingerprint density at radius 3 is 2.58 bits per heavy atom. The number of benzene rings is 2. The van der Waals surface area contributed by atoms with Crippen molar-refractivity contribution >= 4 is 46.1 Å². The van der Waals surface area contributed by atoms with E-state index in [2.05, 4.69) is 27.6 Å². The number of hydrogen-bond acceptors (Lipinski definition) is 3. The lowest BCUT2D eigenvalue weighted by Crippen LogP contribution is -1.90. The van der Waals surface area contributed by atoms with Gasteiger partial charge >= 0.3 is 0 Å². The average molecular weight is 388 g/mol. The Hall–Kier alpha value is -1.27. The van der Waals surface area contributed by atoms with Gasteiger partial charge in [-0.15, -0.1) is 0 Å². The van der Waals surface area contributed by atoms with Crippen molar-refractivity contribution in [2.45, 2.75) is 0 Å². The van der Waals surface area contributed by atoms with Crippen molar-refractivity contribution in [2.24, 2.45) is 4.99 Å². The number of aromatic hydroxyl groups is 1. The number of hydrogen-bond donors (Lipinski definition) is 1. The van der Waals surface area contributed by atoms with Gasteiger partial charge in [-0.05, 0) is 59.0 Å². The number of nitrogens with zero attached hydrogens (tertiary/aromatic N) is 1. The largest absolute Gasteiger partial charge is 0.504 e. The van der Waals surface area contributed by atoms with Crippen LogP contribution in [0.5, 0.6) is 11.5 Å². The molecule has 0 saturated carbocycles. The normalized spacial score (nSPS) is 10.9. The van der Waals surface area contributed by atoms with Gasteiger partial charge in [0, 0.05) is 20.4 Å². The smallest absolute Gasteiger partial charge is 0.166 e. The van der Waals surface area contributed by atoms with Crippen molar-refractivity contribution in [3.05, 3.63) is 50.6 Å². The van der Waals surface area contributed by atoms with E-state index in [1.807, 2.05) is 6.07 Å². The van der Waals surface area contributed by atoms with E-state index in [4.69, 9.17) is 16.3 Å². The van der Waals surface area contributed by atoms with Crippen molar-refractivity contribution in [3.8, 4) is 11.5 Å². The lowest BCUT2D eigenvalue weighted by Gasteiger charge is -2.06. The molecule has 0 saturated heterocycles. The highest BCUT2D eigenvalue weighted by atomic mass is 127. The Morgan fingerprint density at radius 2 is 1.95 bits per heavy atom. The van der Waals surface area contributed by atoms with E-state index < -0.39 is 0 Å². The number of methoxy groups -OCH3 is 1. The summed E-state index contributed by atoms with van der Waals surface area (Å²) in [6, 6.07) is 10.7. The molecule has 0 bridgehead atoms. The molecular formula is C14H11ClINO2. The summed E-state index contributed by atoms with van der Waals surface area (Å²) in [7, 11) is 1.52. The number of halogens is 2. The Labute approximate surface area is 130 Å². The minimum atomic E-state index is 0.0839. The van der Waals surface area contributed by atoms with E-state index in [1.54, 1.807) is 36.5 Å². The Morgan fingerprint density at radius 1 is 1.26 bits per heavy atom. The zero-order chi connectivity index (χ0) is 13.8. The standard InChI is InChI=1S/C14H11ClINO2/c1-19-13-7-11(16)6-9(14(13)18)8-17-12-4-2-10(15)3-5-12/h2-8,18H,1H3. The second-order valence-corrected chi connectivity index (χ2v) is 5.46. The molecule has 0 unspecified atom stereocenters. The van der Waals surface area contributed by atoms with Gasteiger partial charge in [0.05, 0.1) is 12.8 Å². The van der Waals surface area contributed by atoms with E-state index in [0.29, 0.717) is 16.3 Å². The van der Waals surface area contributed by atoms with Crippen molar-refractivity contribution in [2.75, 3.05) is 7.11 Å². The van der Waals surface area contributed by atoms with Crippen LogP contribution in [0.15, 0.2) is 41.4 Å². The highest BCUT2D eigenvalue weighted by Gasteiger charge is 2.07.